The summed E-state index contributed by atoms with van der Waals surface area (Å²) in [7, 11) is 0. The first-order valence-electron chi connectivity index (χ1n) is 7.69. The van der Waals surface area contributed by atoms with Gasteiger partial charge in [-0.1, -0.05) is 32.9 Å². The number of nitrogens with one attached hydrogen (secondary N) is 1. The maximum Gasteiger partial charge on any atom is 0.142 e. The fourth-order valence-corrected chi connectivity index (χ4v) is 2.73. The number of hydrogen-bond acceptors (Lipinski definition) is 3. The maximum absolute atomic E-state index is 5.80. The van der Waals surface area contributed by atoms with Gasteiger partial charge in [0.2, 0.25) is 0 Å². The van der Waals surface area contributed by atoms with Gasteiger partial charge in [-0.2, -0.15) is 0 Å². The summed E-state index contributed by atoms with van der Waals surface area (Å²) < 4.78 is 11.6. The number of anilines is 1. The van der Waals surface area contributed by atoms with Crippen molar-refractivity contribution in [2.75, 3.05) is 18.5 Å². The van der Waals surface area contributed by atoms with E-state index in [1.54, 1.807) is 0 Å². The normalized spacial score (nSPS) is 24.0. The van der Waals surface area contributed by atoms with Gasteiger partial charge in [0.1, 0.15) is 5.75 Å². The Balaban J connectivity index is 2.01. The molecule has 0 bridgehead atoms. The molecule has 0 aromatic heterocycles. The lowest BCUT2D eigenvalue weighted by Crippen LogP contribution is -2.58. The first-order valence-corrected chi connectivity index (χ1v) is 7.69. The third-order valence-electron chi connectivity index (χ3n) is 4.22. The second-order valence-electron chi connectivity index (χ2n) is 6.04. The van der Waals surface area contributed by atoms with Gasteiger partial charge in [0.25, 0.3) is 0 Å². The van der Waals surface area contributed by atoms with E-state index in [2.05, 4.69) is 39.1 Å². The molecule has 0 saturated heterocycles. The number of para-hydroxylation sites is 2. The van der Waals surface area contributed by atoms with E-state index in [1.807, 2.05) is 18.2 Å². The summed E-state index contributed by atoms with van der Waals surface area (Å²) in [4.78, 5) is 0. The third-order valence-corrected chi connectivity index (χ3v) is 4.22. The van der Waals surface area contributed by atoms with Crippen LogP contribution in [0.4, 0.5) is 5.69 Å². The molecule has 0 amide bonds. The highest BCUT2D eigenvalue weighted by Crippen LogP contribution is 2.45. The van der Waals surface area contributed by atoms with E-state index in [4.69, 9.17) is 9.47 Å². The highest BCUT2D eigenvalue weighted by molar-refractivity contribution is 5.57. The first kappa shape index (κ1) is 15.2. The van der Waals surface area contributed by atoms with Crippen LogP contribution >= 0.6 is 0 Å². The van der Waals surface area contributed by atoms with Crippen molar-refractivity contribution in [3.63, 3.8) is 0 Å². The van der Waals surface area contributed by atoms with Crippen LogP contribution in [0.5, 0.6) is 5.75 Å². The summed E-state index contributed by atoms with van der Waals surface area (Å²) in [5, 5.41) is 3.63. The Kier molecular flexibility index (Phi) is 4.92. The Labute approximate surface area is 122 Å². The first-order chi connectivity index (χ1) is 9.59. The van der Waals surface area contributed by atoms with Crippen molar-refractivity contribution in [1.82, 2.24) is 0 Å². The van der Waals surface area contributed by atoms with E-state index in [0.29, 0.717) is 12.1 Å². The van der Waals surface area contributed by atoms with Crippen molar-refractivity contribution in [1.29, 1.82) is 0 Å². The van der Waals surface area contributed by atoms with Crippen LogP contribution in [-0.2, 0) is 4.74 Å². The summed E-state index contributed by atoms with van der Waals surface area (Å²) in [6.45, 7) is 10.3. The fourth-order valence-electron chi connectivity index (χ4n) is 2.73. The lowest BCUT2D eigenvalue weighted by molar-refractivity contribution is -0.0976. The molecule has 1 aliphatic rings. The molecule has 1 aliphatic carbocycles. The van der Waals surface area contributed by atoms with Crippen LogP contribution < -0.4 is 10.1 Å². The monoisotopic (exact) mass is 277 g/mol. The topological polar surface area (TPSA) is 30.5 Å². The lowest BCUT2D eigenvalue weighted by atomic mass is 9.64. The maximum atomic E-state index is 5.80. The molecule has 2 rings (SSSR count). The lowest BCUT2D eigenvalue weighted by Gasteiger charge is -2.52. The van der Waals surface area contributed by atoms with Gasteiger partial charge in [-0.25, -0.2) is 0 Å². The van der Waals surface area contributed by atoms with Crippen LogP contribution in [0.15, 0.2) is 24.3 Å². The molecule has 1 saturated carbocycles. The number of ether oxygens (including phenoxy) is 2. The van der Waals surface area contributed by atoms with Gasteiger partial charge in [0, 0.05) is 18.1 Å². The van der Waals surface area contributed by atoms with Crippen LogP contribution in [0.2, 0.25) is 0 Å². The minimum atomic E-state index is 0.161. The highest BCUT2D eigenvalue weighted by atomic mass is 16.5. The van der Waals surface area contributed by atoms with Gasteiger partial charge >= 0.3 is 0 Å². The molecule has 1 N–H and O–H groups in total. The molecule has 1 fully saturated rings. The van der Waals surface area contributed by atoms with Crippen molar-refractivity contribution in [2.45, 2.75) is 52.7 Å². The third kappa shape index (κ3) is 3.09. The van der Waals surface area contributed by atoms with E-state index < -0.39 is 0 Å². The van der Waals surface area contributed by atoms with Crippen molar-refractivity contribution in [3.8, 4) is 5.75 Å². The second-order valence-corrected chi connectivity index (χ2v) is 6.04. The minimum absolute atomic E-state index is 0.161. The van der Waals surface area contributed by atoms with Gasteiger partial charge in [0.05, 0.1) is 18.4 Å². The van der Waals surface area contributed by atoms with Gasteiger partial charge in [-0.3, -0.25) is 0 Å². The molecular weight excluding hydrogens is 250 g/mol. The Morgan fingerprint density at radius 2 is 2.00 bits per heavy atom. The van der Waals surface area contributed by atoms with Crippen molar-refractivity contribution in [3.05, 3.63) is 24.3 Å². The summed E-state index contributed by atoms with van der Waals surface area (Å²) >= 11 is 0. The summed E-state index contributed by atoms with van der Waals surface area (Å²) in [6.07, 6.45) is 2.44. The van der Waals surface area contributed by atoms with Crippen LogP contribution in [0, 0.1) is 5.41 Å². The van der Waals surface area contributed by atoms with E-state index >= 15 is 0 Å². The smallest absolute Gasteiger partial charge is 0.142 e. The van der Waals surface area contributed by atoms with Crippen molar-refractivity contribution >= 4 is 5.69 Å². The average Bonchev–Trinajstić information content (AvgIpc) is 2.45. The zero-order valence-electron chi connectivity index (χ0n) is 13.1. The van der Waals surface area contributed by atoms with Crippen molar-refractivity contribution < 1.29 is 9.47 Å². The van der Waals surface area contributed by atoms with Crippen LogP contribution in [0.3, 0.4) is 0 Å². The van der Waals surface area contributed by atoms with Crippen LogP contribution in [-0.4, -0.2) is 25.4 Å². The van der Waals surface area contributed by atoms with Gasteiger partial charge < -0.3 is 14.8 Å². The molecule has 0 radical (unpaired) electrons. The highest BCUT2D eigenvalue weighted by Gasteiger charge is 2.49. The fraction of sp³-hybridized carbons (Fsp3) is 0.647. The second kappa shape index (κ2) is 6.49. The van der Waals surface area contributed by atoms with Gasteiger partial charge in [0.15, 0.2) is 0 Å². The molecule has 3 heteroatoms. The summed E-state index contributed by atoms with van der Waals surface area (Å²) in [5.41, 5.74) is 1.25. The molecule has 2 atom stereocenters. The summed E-state index contributed by atoms with van der Waals surface area (Å²) in [6, 6.07) is 8.63. The Bertz CT molecular complexity index is 431. The van der Waals surface area contributed by atoms with Gasteiger partial charge in [-0.15, -0.1) is 0 Å². The Morgan fingerprint density at radius 1 is 1.25 bits per heavy atom. The van der Waals surface area contributed by atoms with Crippen molar-refractivity contribution in [2.24, 2.45) is 5.41 Å². The number of benzene rings is 1. The number of hydrogen-bond donors (Lipinski definition) is 1. The molecule has 2 unspecified atom stereocenters. The van der Waals surface area contributed by atoms with E-state index in [-0.39, 0.29) is 5.41 Å². The molecule has 0 spiro atoms. The van der Waals surface area contributed by atoms with E-state index in [1.165, 1.54) is 0 Å². The van der Waals surface area contributed by atoms with Crippen LogP contribution in [0.1, 0.15) is 40.5 Å². The minimum Gasteiger partial charge on any atom is -0.491 e. The Morgan fingerprint density at radius 3 is 2.65 bits per heavy atom. The van der Waals surface area contributed by atoms with E-state index in [9.17, 15) is 0 Å². The average molecular weight is 277 g/mol. The standard InChI is InChI=1S/C17H27NO2/c1-5-11-20-14-10-8-7-9-13(14)18-15-12-16(19-6-2)17(15,3)4/h7-10,15-16,18H,5-6,11-12H2,1-4H3. The zero-order valence-corrected chi connectivity index (χ0v) is 13.1. The predicted octanol–water partition coefficient (Wildman–Crippen LogP) is 4.09. The Hall–Kier alpha value is -1.22. The molecule has 112 valence electrons. The van der Waals surface area contributed by atoms with E-state index in [0.717, 1.165) is 37.5 Å². The predicted molar refractivity (Wildman–Crippen MR) is 83.5 cm³/mol. The van der Waals surface area contributed by atoms with Crippen LogP contribution in [0.25, 0.3) is 0 Å². The molecular formula is C17H27NO2. The molecule has 0 aliphatic heterocycles. The summed E-state index contributed by atoms with van der Waals surface area (Å²) in [5.74, 6) is 0.949. The molecule has 1 aromatic carbocycles. The number of rotatable bonds is 7. The molecule has 3 nitrogen and oxygen atoms in total. The quantitative estimate of drug-likeness (QED) is 0.814. The molecule has 0 heterocycles. The largest absolute Gasteiger partial charge is 0.491 e. The SMILES string of the molecule is CCCOc1ccccc1NC1CC(OCC)C1(C)C. The zero-order chi connectivity index (χ0) is 14.6. The van der Waals surface area contributed by atoms with Gasteiger partial charge in [-0.05, 0) is 31.9 Å². The molecule has 20 heavy (non-hydrogen) atoms. The molecule has 1 aromatic rings.